The van der Waals surface area contributed by atoms with E-state index in [1.807, 2.05) is 0 Å². The Bertz CT molecular complexity index is 444. The minimum atomic E-state index is -1.08. The normalized spacial score (nSPS) is 15.4. The highest BCUT2D eigenvalue weighted by molar-refractivity contribution is 6.39. The van der Waals surface area contributed by atoms with Crippen LogP contribution < -0.4 is 0 Å². The Kier molecular flexibility index (Phi) is 1.73. The van der Waals surface area contributed by atoms with E-state index in [1.54, 1.807) is 0 Å². The number of hydrogen-bond acceptors (Lipinski definition) is 3. The second-order valence-electron chi connectivity index (χ2n) is 3.16. The monoisotopic (exact) mass is 193 g/mol. The van der Waals surface area contributed by atoms with Gasteiger partial charge in [-0.1, -0.05) is 0 Å². The number of Topliss-reactive ketones (excluding diaryl/α,β-unsaturated/α-hetero) is 2. The summed E-state index contributed by atoms with van der Waals surface area (Å²) in [4.78, 5) is 35.5. The zero-order valence-electron chi connectivity index (χ0n) is 7.16. The summed E-state index contributed by atoms with van der Waals surface area (Å²) in [5, 5.41) is 8.77. The molecule has 0 atom stereocenters. The van der Waals surface area contributed by atoms with Crippen molar-refractivity contribution in [3.63, 3.8) is 0 Å². The Morgan fingerprint density at radius 3 is 2.57 bits per heavy atom. The molecule has 2 N–H and O–H groups in total. The van der Waals surface area contributed by atoms with Gasteiger partial charge in [-0.15, -0.1) is 0 Å². The number of carbonyl (C=O) groups excluding carboxylic acids is 2. The first-order chi connectivity index (χ1) is 6.59. The second-order valence-corrected chi connectivity index (χ2v) is 3.16. The predicted octanol–water partition coefficient (Wildman–Crippen LogP) is -0.0503. The highest BCUT2D eigenvalue weighted by Crippen LogP contribution is 2.20. The molecule has 0 fully saturated rings. The molecule has 0 bridgehead atoms. The number of H-pyrrole nitrogens is 1. The number of carboxylic acid groups (broad SMARTS) is 1. The molecule has 1 heterocycles. The number of ketones is 2. The average molecular weight is 193 g/mol. The van der Waals surface area contributed by atoms with E-state index in [9.17, 15) is 14.4 Å². The lowest BCUT2D eigenvalue weighted by Crippen LogP contribution is -2.25. The molecule has 5 heteroatoms. The molecule has 0 radical (unpaired) electrons. The molecule has 0 saturated carbocycles. The number of carboxylic acids is 1. The fraction of sp³-hybridized carbons (Fsp3) is 0.222. The fourth-order valence-electron chi connectivity index (χ4n) is 1.56. The van der Waals surface area contributed by atoms with E-state index in [4.69, 9.17) is 5.11 Å². The zero-order chi connectivity index (χ0) is 10.3. The van der Waals surface area contributed by atoms with Gasteiger partial charge in [-0.05, 0) is 5.56 Å². The molecule has 1 aromatic heterocycles. The molecule has 5 nitrogen and oxygen atoms in total. The third kappa shape index (κ3) is 1.14. The number of rotatable bonds is 1. The number of fused-ring (bicyclic) bond motifs is 1. The molecular formula is C9H7NO4. The van der Waals surface area contributed by atoms with Crippen LogP contribution in [0, 0.1) is 0 Å². The van der Waals surface area contributed by atoms with Gasteiger partial charge in [0.05, 0.1) is 12.0 Å². The largest absolute Gasteiger partial charge is 0.478 e. The maximum atomic E-state index is 11.1. The van der Waals surface area contributed by atoms with E-state index in [0.29, 0.717) is 11.3 Å². The summed E-state index contributed by atoms with van der Waals surface area (Å²) < 4.78 is 0. The van der Waals surface area contributed by atoms with Crippen molar-refractivity contribution in [2.75, 3.05) is 0 Å². The van der Waals surface area contributed by atoms with Crippen molar-refractivity contribution in [2.24, 2.45) is 0 Å². The van der Waals surface area contributed by atoms with Crippen LogP contribution in [0.3, 0.4) is 0 Å². The van der Waals surface area contributed by atoms with Crippen LogP contribution in [0.15, 0.2) is 6.20 Å². The van der Waals surface area contributed by atoms with E-state index in [-0.39, 0.29) is 18.4 Å². The minimum Gasteiger partial charge on any atom is -0.478 e. The Balaban J connectivity index is 2.50. The van der Waals surface area contributed by atoms with Gasteiger partial charge < -0.3 is 10.1 Å². The quantitative estimate of drug-likeness (QED) is 0.612. The van der Waals surface area contributed by atoms with Gasteiger partial charge in [0.2, 0.25) is 11.6 Å². The van der Waals surface area contributed by atoms with Crippen LogP contribution in [0.2, 0.25) is 0 Å². The Morgan fingerprint density at radius 2 is 1.93 bits per heavy atom. The molecule has 2 rings (SSSR count). The Morgan fingerprint density at radius 1 is 1.29 bits per heavy atom. The molecule has 1 aliphatic rings. The summed E-state index contributed by atoms with van der Waals surface area (Å²) in [7, 11) is 0. The van der Waals surface area contributed by atoms with E-state index in [0.717, 1.165) is 0 Å². The van der Waals surface area contributed by atoms with Crippen LogP contribution in [0.25, 0.3) is 0 Å². The summed E-state index contributed by atoms with van der Waals surface area (Å²) in [5.74, 6) is -2.06. The molecule has 1 aliphatic carbocycles. The number of nitrogens with one attached hydrogen (secondary N) is 1. The van der Waals surface area contributed by atoms with Crippen LogP contribution in [0.4, 0.5) is 0 Å². The van der Waals surface area contributed by atoms with Gasteiger partial charge >= 0.3 is 5.97 Å². The molecule has 0 amide bonds. The fourth-order valence-corrected chi connectivity index (χ4v) is 1.56. The zero-order valence-corrected chi connectivity index (χ0v) is 7.16. The number of carbonyl (C=O) groups is 3. The number of aromatic amines is 1. The SMILES string of the molecule is O=C1Cc2[nH]cc(C(=O)O)c2CC1=O. The lowest BCUT2D eigenvalue weighted by atomic mass is 9.93. The molecule has 0 saturated heterocycles. The summed E-state index contributed by atoms with van der Waals surface area (Å²) in [6.07, 6.45) is 1.21. The summed E-state index contributed by atoms with van der Waals surface area (Å²) in [6, 6.07) is 0. The first kappa shape index (κ1) is 8.68. The molecule has 14 heavy (non-hydrogen) atoms. The number of aromatic carboxylic acids is 1. The third-order valence-electron chi connectivity index (χ3n) is 2.30. The van der Waals surface area contributed by atoms with Crippen LogP contribution >= 0.6 is 0 Å². The van der Waals surface area contributed by atoms with Gasteiger partial charge in [-0.25, -0.2) is 4.79 Å². The van der Waals surface area contributed by atoms with Gasteiger partial charge in [-0.3, -0.25) is 9.59 Å². The summed E-state index contributed by atoms with van der Waals surface area (Å²) in [5.41, 5.74) is 1.08. The third-order valence-corrected chi connectivity index (χ3v) is 2.30. The van der Waals surface area contributed by atoms with Gasteiger partial charge in [0.1, 0.15) is 0 Å². The smallest absolute Gasteiger partial charge is 0.337 e. The van der Waals surface area contributed by atoms with Gasteiger partial charge in [0.25, 0.3) is 0 Å². The number of aromatic nitrogens is 1. The molecule has 0 aliphatic heterocycles. The van der Waals surface area contributed by atoms with Crippen LogP contribution in [-0.4, -0.2) is 27.6 Å². The first-order valence-corrected chi connectivity index (χ1v) is 4.08. The van der Waals surface area contributed by atoms with Crippen molar-refractivity contribution < 1.29 is 19.5 Å². The van der Waals surface area contributed by atoms with Crippen molar-refractivity contribution in [3.05, 3.63) is 23.0 Å². The Hall–Kier alpha value is -1.91. The van der Waals surface area contributed by atoms with Gasteiger partial charge in [0, 0.05) is 18.3 Å². The van der Waals surface area contributed by atoms with Crippen LogP contribution in [0.1, 0.15) is 21.6 Å². The van der Waals surface area contributed by atoms with Crippen molar-refractivity contribution in [1.82, 2.24) is 4.98 Å². The molecule has 0 unspecified atom stereocenters. The van der Waals surface area contributed by atoms with Crippen LogP contribution in [0.5, 0.6) is 0 Å². The standard InChI is InChI=1S/C9H7NO4/c11-7-1-4-5(9(13)14)3-10-6(4)2-8(7)12/h3,10H,1-2H2,(H,13,14). The van der Waals surface area contributed by atoms with Crippen molar-refractivity contribution in [1.29, 1.82) is 0 Å². The van der Waals surface area contributed by atoms with Crippen molar-refractivity contribution in [2.45, 2.75) is 12.8 Å². The highest BCUT2D eigenvalue weighted by atomic mass is 16.4. The van der Waals surface area contributed by atoms with Crippen molar-refractivity contribution >= 4 is 17.5 Å². The van der Waals surface area contributed by atoms with E-state index in [1.165, 1.54) is 6.20 Å². The molecule has 72 valence electrons. The van der Waals surface area contributed by atoms with E-state index >= 15 is 0 Å². The lowest BCUT2D eigenvalue weighted by Gasteiger charge is -2.09. The number of hydrogen-bond donors (Lipinski definition) is 2. The summed E-state index contributed by atoms with van der Waals surface area (Å²) >= 11 is 0. The lowest BCUT2D eigenvalue weighted by molar-refractivity contribution is -0.136. The summed E-state index contributed by atoms with van der Waals surface area (Å²) in [6.45, 7) is 0. The Labute approximate surface area is 78.7 Å². The van der Waals surface area contributed by atoms with Gasteiger partial charge in [-0.2, -0.15) is 0 Å². The first-order valence-electron chi connectivity index (χ1n) is 4.08. The van der Waals surface area contributed by atoms with Crippen molar-refractivity contribution in [3.8, 4) is 0 Å². The van der Waals surface area contributed by atoms with Gasteiger partial charge in [0.15, 0.2) is 0 Å². The highest BCUT2D eigenvalue weighted by Gasteiger charge is 2.28. The molecule has 0 spiro atoms. The predicted molar refractivity (Wildman–Crippen MR) is 45.2 cm³/mol. The molecule has 1 aromatic rings. The minimum absolute atomic E-state index is 0.0125. The topological polar surface area (TPSA) is 87.2 Å². The second kappa shape index (κ2) is 2.80. The maximum absolute atomic E-state index is 11.1. The molecule has 0 aromatic carbocycles. The van der Waals surface area contributed by atoms with Crippen LogP contribution in [-0.2, 0) is 22.4 Å². The van der Waals surface area contributed by atoms with E-state index < -0.39 is 17.5 Å². The van der Waals surface area contributed by atoms with E-state index in [2.05, 4.69) is 4.98 Å². The molecular weight excluding hydrogens is 186 g/mol. The average Bonchev–Trinajstić information content (AvgIpc) is 2.48. The maximum Gasteiger partial charge on any atom is 0.337 e.